The van der Waals surface area contributed by atoms with Crippen molar-refractivity contribution in [3.8, 4) is 5.75 Å². The Labute approximate surface area is 233 Å². The van der Waals surface area contributed by atoms with Gasteiger partial charge in [-0.05, 0) is 49.4 Å². The van der Waals surface area contributed by atoms with Gasteiger partial charge in [-0.3, -0.25) is 9.59 Å². The lowest BCUT2D eigenvalue weighted by molar-refractivity contribution is -0.128. The summed E-state index contributed by atoms with van der Waals surface area (Å²) in [5, 5.41) is 4.14. The third kappa shape index (κ3) is 6.57. The van der Waals surface area contributed by atoms with Gasteiger partial charge in [0.15, 0.2) is 0 Å². The van der Waals surface area contributed by atoms with E-state index in [0.29, 0.717) is 31.0 Å². The maximum atomic E-state index is 13.0. The van der Waals surface area contributed by atoms with E-state index in [4.69, 9.17) is 4.74 Å². The molecule has 8 heteroatoms. The van der Waals surface area contributed by atoms with Crippen LogP contribution in [0, 0.1) is 0 Å². The van der Waals surface area contributed by atoms with Crippen molar-refractivity contribution in [2.45, 2.75) is 18.4 Å². The number of nitrogens with one attached hydrogen (secondary N) is 1. The summed E-state index contributed by atoms with van der Waals surface area (Å²) in [7, 11) is 0. The fourth-order valence-electron chi connectivity index (χ4n) is 4.86. The molecule has 1 aliphatic heterocycles. The third-order valence-electron chi connectivity index (χ3n) is 6.92. The number of thioether (sulfide) groups is 1. The van der Waals surface area contributed by atoms with Crippen LogP contribution in [0.4, 0.5) is 5.69 Å². The number of carbonyl (C=O) groups is 2. The molecule has 39 heavy (non-hydrogen) atoms. The average molecular weight is 543 g/mol. The normalized spacial score (nSPS) is 13.5. The van der Waals surface area contributed by atoms with Crippen molar-refractivity contribution in [2.75, 3.05) is 50.0 Å². The lowest BCUT2D eigenvalue weighted by Gasteiger charge is -2.36. The molecule has 1 saturated heterocycles. The van der Waals surface area contributed by atoms with Crippen LogP contribution in [0.3, 0.4) is 0 Å². The number of piperazine rings is 1. The number of hydrogen-bond acceptors (Lipinski definition) is 5. The molecule has 0 aliphatic carbocycles. The first-order valence-electron chi connectivity index (χ1n) is 13.4. The Balaban J connectivity index is 1.14. The quantitative estimate of drug-likeness (QED) is 0.289. The zero-order valence-electron chi connectivity index (χ0n) is 22.2. The fraction of sp³-hybridized carbons (Fsp3) is 0.290. The smallest absolute Gasteiger partial charge is 0.251 e. The minimum Gasteiger partial charge on any atom is -0.494 e. The summed E-state index contributed by atoms with van der Waals surface area (Å²) < 4.78 is 7.60. The van der Waals surface area contributed by atoms with Crippen LogP contribution in [0.1, 0.15) is 17.3 Å². The zero-order valence-corrected chi connectivity index (χ0v) is 23.0. The van der Waals surface area contributed by atoms with Crippen molar-refractivity contribution in [2.24, 2.45) is 0 Å². The zero-order chi connectivity index (χ0) is 27.0. The molecule has 2 heterocycles. The molecular weight excluding hydrogens is 508 g/mol. The van der Waals surface area contributed by atoms with Crippen LogP contribution >= 0.6 is 11.8 Å². The summed E-state index contributed by atoms with van der Waals surface area (Å²) in [6.07, 6.45) is 2.10. The summed E-state index contributed by atoms with van der Waals surface area (Å²) in [4.78, 5) is 31.0. The van der Waals surface area contributed by atoms with E-state index in [0.717, 1.165) is 47.7 Å². The molecule has 1 fully saturated rings. The van der Waals surface area contributed by atoms with Gasteiger partial charge in [0.1, 0.15) is 5.75 Å². The topological polar surface area (TPSA) is 66.8 Å². The van der Waals surface area contributed by atoms with Gasteiger partial charge in [-0.2, -0.15) is 0 Å². The van der Waals surface area contributed by atoms with E-state index < -0.39 is 0 Å². The number of nitrogens with zero attached hydrogens (tertiary/aromatic N) is 3. The highest BCUT2D eigenvalue weighted by Gasteiger charge is 2.22. The molecule has 7 nitrogen and oxygen atoms in total. The van der Waals surface area contributed by atoms with E-state index in [9.17, 15) is 9.59 Å². The highest BCUT2D eigenvalue weighted by Crippen LogP contribution is 2.30. The molecule has 1 N–H and O–H groups in total. The number of aromatic nitrogens is 1. The summed E-state index contributed by atoms with van der Waals surface area (Å²) in [6, 6.07) is 25.8. The van der Waals surface area contributed by atoms with Gasteiger partial charge in [-0.25, -0.2) is 0 Å². The molecule has 0 saturated carbocycles. The minimum absolute atomic E-state index is 0.109. The number of benzene rings is 3. The molecule has 0 bridgehead atoms. The third-order valence-corrected chi connectivity index (χ3v) is 7.95. The summed E-state index contributed by atoms with van der Waals surface area (Å²) in [5.41, 5.74) is 2.91. The molecule has 4 aromatic rings. The van der Waals surface area contributed by atoms with E-state index >= 15 is 0 Å². The first-order valence-corrected chi connectivity index (χ1v) is 14.4. The van der Waals surface area contributed by atoms with E-state index in [1.54, 1.807) is 23.9 Å². The average Bonchev–Trinajstić information content (AvgIpc) is 3.34. The number of amides is 2. The molecule has 202 valence electrons. The second-order valence-corrected chi connectivity index (χ2v) is 10.4. The molecule has 0 radical (unpaired) electrons. The summed E-state index contributed by atoms with van der Waals surface area (Å²) in [6.45, 7) is 6.84. The van der Waals surface area contributed by atoms with Crippen molar-refractivity contribution in [3.05, 3.63) is 90.6 Å². The van der Waals surface area contributed by atoms with Gasteiger partial charge < -0.3 is 24.4 Å². The van der Waals surface area contributed by atoms with Gasteiger partial charge in [0, 0.05) is 72.5 Å². The Morgan fingerprint density at radius 3 is 2.36 bits per heavy atom. The van der Waals surface area contributed by atoms with Crippen LogP contribution in [0.25, 0.3) is 10.9 Å². The monoisotopic (exact) mass is 542 g/mol. The van der Waals surface area contributed by atoms with Gasteiger partial charge in [-0.1, -0.05) is 36.4 Å². The van der Waals surface area contributed by atoms with Crippen LogP contribution < -0.4 is 15.0 Å². The molecule has 5 rings (SSSR count). The Morgan fingerprint density at radius 2 is 1.62 bits per heavy atom. The first-order chi connectivity index (χ1) is 19.1. The first kappa shape index (κ1) is 26.7. The molecular formula is C31H34N4O3S. The maximum absolute atomic E-state index is 13.0. The number of anilines is 1. The van der Waals surface area contributed by atoms with E-state index in [2.05, 4.69) is 57.4 Å². The maximum Gasteiger partial charge on any atom is 0.251 e. The molecule has 1 aliphatic rings. The Morgan fingerprint density at radius 1 is 0.897 bits per heavy atom. The number of hydrogen-bond donors (Lipinski definition) is 1. The van der Waals surface area contributed by atoms with Gasteiger partial charge in [-0.15, -0.1) is 11.8 Å². The predicted molar refractivity (Wildman–Crippen MR) is 158 cm³/mol. The highest BCUT2D eigenvalue weighted by atomic mass is 32.2. The highest BCUT2D eigenvalue weighted by molar-refractivity contribution is 8.00. The summed E-state index contributed by atoms with van der Waals surface area (Å²) >= 11 is 1.59. The van der Waals surface area contributed by atoms with E-state index in [1.165, 1.54) is 5.69 Å². The van der Waals surface area contributed by atoms with Crippen LogP contribution in [-0.4, -0.2) is 66.4 Å². The largest absolute Gasteiger partial charge is 0.494 e. The number of ether oxygens (including phenoxy) is 1. The molecule has 0 atom stereocenters. The van der Waals surface area contributed by atoms with Crippen LogP contribution in [-0.2, 0) is 11.3 Å². The molecule has 3 aromatic carbocycles. The van der Waals surface area contributed by atoms with Crippen molar-refractivity contribution in [1.82, 2.24) is 14.8 Å². The number of rotatable bonds is 10. The molecule has 2 amide bonds. The Bertz CT molecular complexity index is 1400. The van der Waals surface area contributed by atoms with Crippen LogP contribution in [0.5, 0.6) is 5.75 Å². The van der Waals surface area contributed by atoms with Crippen molar-refractivity contribution in [1.29, 1.82) is 0 Å². The van der Waals surface area contributed by atoms with Crippen molar-refractivity contribution in [3.63, 3.8) is 0 Å². The minimum atomic E-state index is -0.109. The molecule has 0 spiro atoms. The van der Waals surface area contributed by atoms with Crippen LogP contribution in [0.2, 0.25) is 0 Å². The SMILES string of the molecule is CCOc1ccc(C(=O)NCCn2cc(SCC(=O)N3CCN(c4ccccc4)CC3)c3ccccc32)cc1. The predicted octanol–water partition coefficient (Wildman–Crippen LogP) is 4.91. The number of carbonyl (C=O) groups excluding carboxylic acids is 2. The second-order valence-electron chi connectivity index (χ2n) is 9.41. The lowest BCUT2D eigenvalue weighted by Crippen LogP contribution is -2.49. The van der Waals surface area contributed by atoms with Gasteiger partial charge in [0.25, 0.3) is 5.91 Å². The second kappa shape index (κ2) is 12.8. The number of fused-ring (bicyclic) bond motifs is 1. The van der Waals surface area contributed by atoms with Gasteiger partial charge in [0.2, 0.25) is 5.91 Å². The van der Waals surface area contributed by atoms with Gasteiger partial charge in [0.05, 0.1) is 12.4 Å². The van der Waals surface area contributed by atoms with Crippen molar-refractivity contribution >= 4 is 40.2 Å². The standard InChI is InChI=1S/C31H34N4O3S/c1-2-38-26-14-12-24(13-15-26)31(37)32-16-17-35-22-29(27-10-6-7-11-28(27)35)39-23-30(36)34-20-18-33(19-21-34)25-8-4-3-5-9-25/h3-15,22H,2,16-21,23H2,1H3,(H,32,37). The Kier molecular flexibility index (Phi) is 8.73. The van der Waals surface area contributed by atoms with Crippen LogP contribution in [0.15, 0.2) is 90.0 Å². The molecule has 0 unspecified atom stereocenters. The van der Waals surface area contributed by atoms with E-state index in [1.807, 2.05) is 42.2 Å². The van der Waals surface area contributed by atoms with E-state index in [-0.39, 0.29) is 11.8 Å². The Hall–Kier alpha value is -3.91. The fourth-order valence-corrected chi connectivity index (χ4v) is 5.85. The molecule has 1 aromatic heterocycles. The van der Waals surface area contributed by atoms with Crippen molar-refractivity contribution < 1.29 is 14.3 Å². The summed E-state index contributed by atoms with van der Waals surface area (Å²) in [5.74, 6) is 1.23. The number of para-hydroxylation sites is 2. The van der Waals surface area contributed by atoms with Gasteiger partial charge >= 0.3 is 0 Å². The lowest BCUT2D eigenvalue weighted by atomic mass is 10.2.